The van der Waals surface area contributed by atoms with Crippen molar-refractivity contribution in [2.75, 3.05) is 13.1 Å². The zero-order valence-electron chi connectivity index (χ0n) is 16.9. The van der Waals surface area contributed by atoms with Gasteiger partial charge < -0.3 is 5.32 Å². The lowest BCUT2D eigenvalue weighted by atomic mass is 10.0. The average Bonchev–Trinajstić information content (AvgIpc) is 2.66. The number of piperidine rings is 1. The van der Waals surface area contributed by atoms with Crippen molar-refractivity contribution >= 4 is 15.9 Å². The Hall–Kier alpha value is -1.40. The molecule has 1 saturated heterocycles. The molecule has 0 aromatic heterocycles. The topological polar surface area (TPSA) is 66.5 Å². The maximum absolute atomic E-state index is 12.7. The highest BCUT2D eigenvalue weighted by atomic mass is 32.2. The van der Waals surface area contributed by atoms with Gasteiger partial charge in [0.1, 0.15) is 0 Å². The number of rotatable bonds is 9. The summed E-state index contributed by atoms with van der Waals surface area (Å²) in [5.41, 5.74) is 0.984. The van der Waals surface area contributed by atoms with Crippen molar-refractivity contribution in [3.05, 3.63) is 29.8 Å². The summed E-state index contributed by atoms with van der Waals surface area (Å²) in [4.78, 5) is 12.4. The van der Waals surface area contributed by atoms with Crippen LogP contribution in [0.3, 0.4) is 0 Å². The molecule has 27 heavy (non-hydrogen) atoms. The molecule has 0 saturated carbocycles. The quantitative estimate of drug-likeness (QED) is 0.694. The molecule has 6 heteroatoms. The average molecular weight is 395 g/mol. The first-order valence-electron chi connectivity index (χ1n) is 10.2. The molecule has 1 aliphatic rings. The first-order valence-corrected chi connectivity index (χ1v) is 11.6. The lowest BCUT2D eigenvalue weighted by Gasteiger charge is -2.25. The third kappa shape index (κ3) is 6.92. The molecule has 5 nitrogen and oxygen atoms in total. The third-order valence-corrected chi connectivity index (χ3v) is 7.01. The fourth-order valence-corrected chi connectivity index (χ4v) is 4.86. The van der Waals surface area contributed by atoms with E-state index in [1.807, 2.05) is 19.1 Å². The summed E-state index contributed by atoms with van der Waals surface area (Å²) in [6.07, 6.45) is 6.10. The smallest absolute Gasteiger partial charge is 0.243 e. The molecule has 1 aromatic rings. The van der Waals surface area contributed by atoms with Crippen LogP contribution in [0.2, 0.25) is 0 Å². The van der Waals surface area contributed by atoms with Gasteiger partial charge in [-0.3, -0.25) is 4.79 Å². The van der Waals surface area contributed by atoms with Crippen LogP contribution < -0.4 is 5.32 Å². The lowest BCUT2D eigenvalue weighted by Crippen LogP contribution is -2.35. The van der Waals surface area contributed by atoms with Gasteiger partial charge in [-0.25, -0.2) is 8.42 Å². The van der Waals surface area contributed by atoms with Crippen LogP contribution in [0.25, 0.3) is 0 Å². The molecule has 1 atom stereocenters. The van der Waals surface area contributed by atoms with Crippen LogP contribution in [-0.2, 0) is 21.2 Å². The van der Waals surface area contributed by atoms with E-state index in [-0.39, 0.29) is 11.9 Å². The van der Waals surface area contributed by atoms with Crippen molar-refractivity contribution < 1.29 is 13.2 Å². The van der Waals surface area contributed by atoms with Gasteiger partial charge in [-0.2, -0.15) is 4.31 Å². The number of amides is 1. The van der Waals surface area contributed by atoms with Crippen molar-refractivity contribution in [2.45, 2.75) is 76.7 Å². The number of nitrogens with zero attached hydrogens (tertiary/aromatic N) is 1. The molecular weight excluding hydrogens is 360 g/mol. The minimum Gasteiger partial charge on any atom is -0.354 e. The van der Waals surface area contributed by atoms with Crippen LogP contribution in [0, 0.1) is 5.92 Å². The van der Waals surface area contributed by atoms with E-state index in [1.54, 1.807) is 16.4 Å². The Bertz CT molecular complexity index is 693. The van der Waals surface area contributed by atoms with Gasteiger partial charge in [-0.1, -0.05) is 32.4 Å². The molecule has 2 rings (SSSR count). The number of hydrogen-bond acceptors (Lipinski definition) is 3. The van der Waals surface area contributed by atoms with Crippen LogP contribution in [0.4, 0.5) is 0 Å². The predicted molar refractivity (Wildman–Crippen MR) is 109 cm³/mol. The van der Waals surface area contributed by atoms with Gasteiger partial charge in [0, 0.05) is 25.6 Å². The van der Waals surface area contributed by atoms with Gasteiger partial charge >= 0.3 is 0 Å². The molecule has 1 amide bonds. The molecule has 0 bridgehead atoms. The fraction of sp³-hybridized carbons (Fsp3) is 0.667. The Kier molecular flexibility index (Phi) is 8.29. The van der Waals surface area contributed by atoms with E-state index in [4.69, 9.17) is 0 Å². The van der Waals surface area contributed by atoms with Crippen molar-refractivity contribution in [1.82, 2.24) is 9.62 Å². The maximum Gasteiger partial charge on any atom is 0.243 e. The molecule has 0 radical (unpaired) electrons. The molecule has 1 aromatic carbocycles. The van der Waals surface area contributed by atoms with Crippen LogP contribution >= 0.6 is 0 Å². The van der Waals surface area contributed by atoms with Crippen molar-refractivity contribution in [1.29, 1.82) is 0 Å². The normalized spacial score (nSPS) is 17.0. The van der Waals surface area contributed by atoms with Crippen LogP contribution in [0.5, 0.6) is 0 Å². The maximum atomic E-state index is 12.7. The summed E-state index contributed by atoms with van der Waals surface area (Å²) in [5.74, 6) is 0.695. The van der Waals surface area contributed by atoms with Crippen LogP contribution in [-0.4, -0.2) is 37.8 Å². The summed E-state index contributed by atoms with van der Waals surface area (Å²) >= 11 is 0. The van der Waals surface area contributed by atoms with Crippen molar-refractivity contribution in [3.63, 3.8) is 0 Å². The number of sulfonamides is 1. The van der Waals surface area contributed by atoms with Crippen LogP contribution in [0.15, 0.2) is 29.2 Å². The number of nitrogens with one attached hydrogen (secondary N) is 1. The Labute approximate surface area is 164 Å². The van der Waals surface area contributed by atoms with E-state index in [1.165, 1.54) is 0 Å². The largest absolute Gasteiger partial charge is 0.354 e. The highest BCUT2D eigenvalue weighted by Gasteiger charge is 2.25. The summed E-state index contributed by atoms with van der Waals surface area (Å²) in [6, 6.07) is 7.18. The van der Waals surface area contributed by atoms with E-state index in [0.717, 1.165) is 37.7 Å². The van der Waals surface area contributed by atoms with Gasteiger partial charge in [0.05, 0.1) is 4.90 Å². The molecule has 1 N–H and O–H groups in total. The number of aryl methyl sites for hydroxylation is 1. The van der Waals surface area contributed by atoms with E-state index in [0.29, 0.717) is 36.7 Å². The van der Waals surface area contributed by atoms with Gasteiger partial charge in [0.25, 0.3) is 0 Å². The van der Waals surface area contributed by atoms with E-state index >= 15 is 0 Å². The van der Waals surface area contributed by atoms with Gasteiger partial charge in [0.15, 0.2) is 0 Å². The summed E-state index contributed by atoms with van der Waals surface area (Å²) in [7, 11) is -3.39. The second-order valence-electron chi connectivity index (χ2n) is 8.05. The Morgan fingerprint density at radius 1 is 1.04 bits per heavy atom. The second-order valence-corrected chi connectivity index (χ2v) is 9.99. The molecule has 152 valence electrons. The Morgan fingerprint density at radius 3 is 2.26 bits per heavy atom. The van der Waals surface area contributed by atoms with Gasteiger partial charge in [-0.15, -0.1) is 0 Å². The molecule has 0 spiro atoms. The number of benzene rings is 1. The first-order chi connectivity index (χ1) is 12.8. The molecule has 0 aliphatic carbocycles. The molecular formula is C21H34N2O3S. The monoisotopic (exact) mass is 394 g/mol. The highest BCUT2D eigenvalue weighted by Crippen LogP contribution is 2.21. The Balaban J connectivity index is 1.84. The standard InChI is InChI=1S/C21H34N2O3S/c1-17(2)7-8-18(3)22-21(24)14-11-19-9-12-20(13-10-19)27(25,26)23-15-5-4-6-16-23/h9-10,12-13,17-18H,4-8,11,14-16H2,1-3H3,(H,22,24)/t18-/m0/s1. The summed E-state index contributed by atoms with van der Waals surface area (Å²) < 4.78 is 26.9. The zero-order chi connectivity index (χ0) is 19.9. The number of carbonyl (C=O) groups excluding carboxylic acids is 1. The highest BCUT2D eigenvalue weighted by molar-refractivity contribution is 7.89. The number of carbonyl (C=O) groups is 1. The predicted octanol–water partition coefficient (Wildman–Crippen LogP) is 3.73. The molecule has 0 unspecified atom stereocenters. The zero-order valence-corrected chi connectivity index (χ0v) is 17.7. The fourth-order valence-electron chi connectivity index (χ4n) is 3.34. The third-order valence-electron chi connectivity index (χ3n) is 5.10. The van der Waals surface area contributed by atoms with Crippen LogP contribution in [0.1, 0.15) is 64.9 Å². The minimum atomic E-state index is -3.39. The van der Waals surface area contributed by atoms with E-state index in [2.05, 4.69) is 19.2 Å². The van der Waals surface area contributed by atoms with Gasteiger partial charge in [0.2, 0.25) is 15.9 Å². The first kappa shape index (κ1) is 21.9. The molecule has 1 aliphatic heterocycles. The molecule has 1 heterocycles. The van der Waals surface area contributed by atoms with Crippen molar-refractivity contribution in [3.8, 4) is 0 Å². The minimum absolute atomic E-state index is 0.0521. The second kappa shape index (κ2) is 10.2. The van der Waals surface area contributed by atoms with Crippen molar-refractivity contribution in [2.24, 2.45) is 5.92 Å². The van der Waals surface area contributed by atoms with E-state index < -0.39 is 10.0 Å². The number of hydrogen-bond donors (Lipinski definition) is 1. The SMILES string of the molecule is CC(C)CC[C@H](C)NC(=O)CCc1ccc(S(=O)(=O)N2CCCCC2)cc1. The Morgan fingerprint density at radius 2 is 1.67 bits per heavy atom. The van der Waals surface area contributed by atoms with Gasteiger partial charge in [-0.05, 0) is 62.6 Å². The summed E-state index contributed by atoms with van der Waals surface area (Å²) in [5, 5.41) is 3.04. The summed E-state index contributed by atoms with van der Waals surface area (Å²) in [6.45, 7) is 7.63. The molecule has 1 fully saturated rings. The lowest BCUT2D eigenvalue weighted by molar-refractivity contribution is -0.121. The van der Waals surface area contributed by atoms with E-state index in [9.17, 15) is 13.2 Å².